The topological polar surface area (TPSA) is 17.3 Å². The van der Waals surface area contributed by atoms with E-state index in [9.17, 15) is 0 Å². The van der Waals surface area contributed by atoms with Crippen LogP contribution in [0.15, 0.2) is 58.9 Å². The lowest BCUT2D eigenvalue weighted by Gasteiger charge is -2.08. The highest BCUT2D eigenvalue weighted by atomic mass is 35.5. The van der Waals surface area contributed by atoms with E-state index in [1.807, 2.05) is 12.1 Å². The molecule has 0 aliphatic rings. The first-order valence-corrected chi connectivity index (χ1v) is 9.49. The summed E-state index contributed by atoms with van der Waals surface area (Å²) in [6, 6.07) is 16.4. The summed E-state index contributed by atoms with van der Waals surface area (Å²) < 4.78 is 2.32. The first-order valence-electron chi connectivity index (χ1n) is 8.23. The number of aryl methyl sites for hydroxylation is 1. The average molecular weight is 357 g/mol. The van der Waals surface area contributed by atoms with Crippen LogP contribution < -0.4 is 4.80 Å². The second-order valence-corrected chi connectivity index (χ2v) is 7.14. The van der Waals surface area contributed by atoms with Gasteiger partial charge in [-0.05, 0) is 43.2 Å². The highest BCUT2D eigenvalue weighted by molar-refractivity contribution is 7.07. The molecule has 3 rings (SSSR count). The Morgan fingerprint density at radius 1 is 1.04 bits per heavy atom. The largest absolute Gasteiger partial charge is 0.316 e. The van der Waals surface area contributed by atoms with Gasteiger partial charge in [-0.1, -0.05) is 54.8 Å². The first kappa shape index (κ1) is 17.0. The van der Waals surface area contributed by atoms with Crippen molar-refractivity contribution in [2.45, 2.75) is 33.2 Å². The Balaban J connectivity index is 2.06. The molecule has 24 heavy (non-hydrogen) atoms. The van der Waals surface area contributed by atoms with Crippen molar-refractivity contribution in [2.24, 2.45) is 4.99 Å². The van der Waals surface area contributed by atoms with Crippen LogP contribution in [0.1, 0.15) is 25.3 Å². The van der Waals surface area contributed by atoms with E-state index >= 15 is 0 Å². The fraction of sp³-hybridized carbons (Fsp3) is 0.250. The zero-order valence-electron chi connectivity index (χ0n) is 14.0. The quantitative estimate of drug-likeness (QED) is 0.517. The molecular formula is C20H21ClN2S. The second-order valence-electron chi connectivity index (χ2n) is 5.86. The molecule has 0 aliphatic carbocycles. The summed E-state index contributed by atoms with van der Waals surface area (Å²) in [6.45, 7) is 5.28. The Labute approximate surface area is 152 Å². The SMILES string of the molecule is CCCCn1c(-c2ccc(Cl)cc2)csc1=Nc1ccc(C)cc1. The third-order valence-corrected chi connectivity index (χ3v) is 5.05. The van der Waals surface area contributed by atoms with Crippen LogP contribution >= 0.6 is 22.9 Å². The third kappa shape index (κ3) is 3.97. The van der Waals surface area contributed by atoms with Crippen LogP contribution in [-0.2, 0) is 6.54 Å². The van der Waals surface area contributed by atoms with Gasteiger partial charge < -0.3 is 4.57 Å². The molecule has 0 N–H and O–H groups in total. The predicted octanol–water partition coefficient (Wildman–Crippen LogP) is 6.21. The van der Waals surface area contributed by atoms with E-state index in [1.54, 1.807) is 11.3 Å². The number of hydrogen-bond donors (Lipinski definition) is 0. The van der Waals surface area contributed by atoms with Gasteiger partial charge in [0.1, 0.15) is 0 Å². The Morgan fingerprint density at radius 2 is 1.75 bits per heavy atom. The minimum Gasteiger partial charge on any atom is -0.316 e. The number of aromatic nitrogens is 1. The van der Waals surface area contributed by atoms with Gasteiger partial charge in [-0.15, -0.1) is 11.3 Å². The van der Waals surface area contributed by atoms with Gasteiger partial charge in [0.15, 0.2) is 4.80 Å². The van der Waals surface area contributed by atoms with E-state index in [2.05, 4.69) is 60.2 Å². The fourth-order valence-corrected chi connectivity index (χ4v) is 3.61. The summed E-state index contributed by atoms with van der Waals surface area (Å²) in [5, 5.41) is 2.95. The molecule has 0 radical (unpaired) electrons. The second kappa shape index (κ2) is 7.82. The summed E-state index contributed by atoms with van der Waals surface area (Å²) in [7, 11) is 0. The number of thiazole rings is 1. The Bertz CT molecular complexity index is 858. The fourth-order valence-electron chi connectivity index (χ4n) is 2.53. The maximum atomic E-state index is 6.03. The minimum atomic E-state index is 0.763. The van der Waals surface area contributed by atoms with Gasteiger partial charge in [0, 0.05) is 16.9 Å². The van der Waals surface area contributed by atoms with Crippen LogP contribution in [0.5, 0.6) is 0 Å². The Kier molecular flexibility index (Phi) is 5.54. The van der Waals surface area contributed by atoms with Crippen molar-refractivity contribution in [2.75, 3.05) is 0 Å². The van der Waals surface area contributed by atoms with Crippen molar-refractivity contribution in [1.29, 1.82) is 0 Å². The summed E-state index contributed by atoms with van der Waals surface area (Å²) in [5.41, 5.74) is 4.63. The number of unbranched alkanes of at least 4 members (excludes halogenated alkanes) is 1. The number of rotatable bonds is 5. The molecule has 0 saturated heterocycles. The smallest absolute Gasteiger partial charge is 0.190 e. The lowest BCUT2D eigenvalue weighted by Crippen LogP contribution is -2.15. The number of nitrogens with zero attached hydrogens (tertiary/aromatic N) is 2. The molecule has 0 amide bonds. The molecule has 0 bridgehead atoms. The molecule has 3 aromatic rings. The highest BCUT2D eigenvalue weighted by Gasteiger charge is 2.08. The molecule has 2 nitrogen and oxygen atoms in total. The predicted molar refractivity (Wildman–Crippen MR) is 104 cm³/mol. The normalized spacial score (nSPS) is 11.9. The van der Waals surface area contributed by atoms with Gasteiger partial charge in [0.05, 0.1) is 11.4 Å². The molecular weight excluding hydrogens is 336 g/mol. The lowest BCUT2D eigenvalue weighted by molar-refractivity contribution is 0.624. The van der Waals surface area contributed by atoms with E-state index in [1.165, 1.54) is 16.8 Å². The van der Waals surface area contributed by atoms with Crippen molar-refractivity contribution in [1.82, 2.24) is 4.57 Å². The maximum absolute atomic E-state index is 6.03. The lowest BCUT2D eigenvalue weighted by atomic mass is 10.1. The Hall–Kier alpha value is -1.84. The van der Waals surface area contributed by atoms with Gasteiger partial charge in [-0.3, -0.25) is 0 Å². The molecule has 4 heteroatoms. The van der Waals surface area contributed by atoms with E-state index in [0.29, 0.717) is 0 Å². The third-order valence-electron chi connectivity index (χ3n) is 3.93. The standard InChI is InChI=1S/C20H21ClN2S/c1-3-4-13-23-19(16-7-9-17(21)10-8-16)14-24-20(23)22-18-11-5-15(2)6-12-18/h5-12,14H,3-4,13H2,1-2H3. The molecule has 124 valence electrons. The summed E-state index contributed by atoms with van der Waals surface area (Å²) >= 11 is 7.71. The number of hydrogen-bond acceptors (Lipinski definition) is 2. The zero-order chi connectivity index (χ0) is 16.9. The molecule has 0 unspecified atom stereocenters. The van der Waals surface area contributed by atoms with Gasteiger partial charge >= 0.3 is 0 Å². The zero-order valence-corrected chi connectivity index (χ0v) is 15.6. The summed E-state index contributed by atoms with van der Waals surface area (Å²) in [5.74, 6) is 0. The highest BCUT2D eigenvalue weighted by Crippen LogP contribution is 2.23. The molecule has 1 heterocycles. The van der Waals surface area contributed by atoms with Gasteiger partial charge in [0.2, 0.25) is 0 Å². The maximum Gasteiger partial charge on any atom is 0.190 e. The van der Waals surface area contributed by atoms with Crippen LogP contribution in [-0.4, -0.2) is 4.57 Å². The molecule has 0 aliphatic heterocycles. The number of benzene rings is 2. The Morgan fingerprint density at radius 3 is 2.42 bits per heavy atom. The summed E-state index contributed by atoms with van der Waals surface area (Å²) in [6.07, 6.45) is 2.30. The van der Waals surface area contributed by atoms with E-state index < -0.39 is 0 Å². The van der Waals surface area contributed by atoms with E-state index in [0.717, 1.165) is 34.9 Å². The molecule has 0 spiro atoms. The molecule has 0 atom stereocenters. The van der Waals surface area contributed by atoms with Crippen LogP contribution in [0.2, 0.25) is 5.02 Å². The molecule has 2 aromatic carbocycles. The van der Waals surface area contributed by atoms with E-state index in [4.69, 9.17) is 16.6 Å². The first-order chi connectivity index (χ1) is 11.7. The van der Waals surface area contributed by atoms with Crippen molar-refractivity contribution < 1.29 is 0 Å². The van der Waals surface area contributed by atoms with Gasteiger partial charge in [-0.25, -0.2) is 4.99 Å². The average Bonchev–Trinajstić information content (AvgIpc) is 2.98. The van der Waals surface area contributed by atoms with Crippen molar-refractivity contribution in [3.63, 3.8) is 0 Å². The van der Waals surface area contributed by atoms with Crippen molar-refractivity contribution in [3.8, 4) is 11.3 Å². The van der Waals surface area contributed by atoms with Crippen LogP contribution in [0, 0.1) is 6.92 Å². The van der Waals surface area contributed by atoms with Gasteiger partial charge in [0.25, 0.3) is 0 Å². The van der Waals surface area contributed by atoms with E-state index in [-0.39, 0.29) is 0 Å². The van der Waals surface area contributed by atoms with Crippen LogP contribution in [0.3, 0.4) is 0 Å². The van der Waals surface area contributed by atoms with Crippen molar-refractivity contribution in [3.05, 3.63) is 69.3 Å². The van der Waals surface area contributed by atoms with Crippen LogP contribution in [0.25, 0.3) is 11.3 Å². The number of halogens is 1. The monoisotopic (exact) mass is 356 g/mol. The molecule has 0 saturated carbocycles. The molecule has 1 aromatic heterocycles. The van der Waals surface area contributed by atoms with Gasteiger partial charge in [-0.2, -0.15) is 0 Å². The van der Waals surface area contributed by atoms with Crippen molar-refractivity contribution >= 4 is 28.6 Å². The summed E-state index contributed by atoms with van der Waals surface area (Å²) in [4.78, 5) is 5.89. The van der Waals surface area contributed by atoms with Crippen LogP contribution in [0.4, 0.5) is 5.69 Å². The molecule has 0 fully saturated rings. The minimum absolute atomic E-state index is 0.763.